The van der Waals surface area contributed by atoms with E-state index in [2.05, 4.69) is 96.4 Å². The summed E-state index contributed by atoms with van der Waals surface area (Å²) in [4.78, 5) is 18.9. The Morgan fingerprint density at radius 2 is 1.15 bits per heavy atom. The third-order valence-electron chi connectivity index (χ3n) is 7.82. The average Bonchev–Trinajstić information content (AvgIpc) is 3.07. The van der Waals surface area contributed by atoms with Crippen LogP contribution in [0.5, 0.6) is 0 Å². The monoisotopic (exact) mass is 626 g/mol. The molecule has 1 saturated heterocycles. The summed E-state index contributed by atoms with van der Waals surface area (Å²) in [5.74, 6) is 1.13. The van der Waals surface area contributed by atoms with Crippen LogP contribution in [-0.2, 0) is 0 Å². The van der Waals surface area contributed by atoms with Crippen molar-refractivity contribution < 1.29 is 0 Å². The van der Waals surface area contributed by atoms with E-state index in [4.69, 9.17) is 17.2 Å². The quantitative estimate of drug-likeness (QED) is 0.0980. The molecular weight excluding hydrogens is 589 g/mol. The molecule has 3 N–H and O–H groups in total. The predicted octanol–water partition coefficient (Wildman–Crippen LogP) is 7.41. The molecule has 1 fully saturated rings. The highest BCUT2D eigenvalue weighted by molar-refractivity contribution is 7.80. The Bertz CT molecular complexity index is 1690. The first-order chi connectivity index (χ1) is 22.5. The molecule has 0 bridgehead atoms. The van der Waals surface area contributed by atoms with Gasteiger partial charge < -0.3 is 15.5 Å². The summed E-state index contributed by atoms with van der Waals surface area (Å²) in [6.45, 7) is 7.14. The first-order valence-electron chi connectivity index (χ1n) is 15.5. The van der Waals surface area contributed by atoms with Crippen molar-refractivity contribution in [2.75, 3.05) is 42.1 Å². The number of thiocarbonyl (C=S) groups is 1. The Morgan fingerprint density at radius 1 is 0.652 bits per heavy atom. The Kier molecular flexibility index (Phi) is 9.92. The lowest BCUT2D eigenvalue weighted by Crippen LogP contribution is -2.52. The summed E-state index contributed by atoms with van der Waals surface area (Å²) in [6.07, 6.45) is 0. The molecule has 1 aliphatic rings. The summed E-state index contributed by atoms with van der Waals surface area (Å²) in [6, 6.07) is 41.6. The number of aliphatic imine (C=N–C) groups is 1. The maximum Gasteiger partial charge on any atom is 0.229 e. The molecule has 0 atom stereocenters. The van der Waals surface area contributed by atoms with E-state index in [0.717, 1.165) is 54.6 Å². The third-order valence-corrected chi connectivity index (χ3v) is 8.01. The number of para-hydroxylation sites is 1. The van der Waals surface area contributed by atoms with Gasteiger partial charge in [0, 0.05) is 54.6 Å². The minimum absolute atomic E-state index is 0.169. The maximum atomic E-state index is 5.75. The molecule has 0 aliphatic carbocycles. The molecule has 0 amide bonds. The van der Waals surface area contributed by atoms with Crippen molar-refractivity contribution in [3.05, 3.63) is 144 Å². The van der Waals surface area contributed by atoms with Crippen molar-refractivity contribution in [3.63, 3.8) is 0 Å². The van der Waals surface area contributed by atoms with Crippen LogP contribution in [0.2, 0.25) is 0 Å². The molecule has 0 unspecified atom stereocenters. The van der Waals surface area contributed by atoms with Gasteiger partial charge >= 0.3 is 0 Å². The van der Waals surface area contributed by atoms with Crippen LogP contribution in [0.4, 0.5) is 23.0 Å². The van der Waals surface area contributed by atoms with Gasteiger partial charge in [0.1, 0.15) is 0 Å². The van der Waals surface area contributed by atoms with Gasteiger partial charge in [-0.25, -0.2) is 9.97 Å². The highest BCUT2D eigenvalue weighted by Gasteiger charge is 2.28. The highest BCUT2D eigenvalue weighted by atomic mass is 32.1. The summed E-state index contributed by atoms with van der Waals surface area (Å²) < 4.78 is 0. The average molecular weight is 627 g/mol. The van der Waals surface area contributed by atoms with Crippen LogP contribution in [0, 0.1) is 13.8 Å². The van der Waals surface area contributed by atoms with Crippen LogP contribution in [0.25, 0.3) is 0 Å². The highest BCUT2D eigenvalue weighted by Crippen LogP contribution is 2.29. The molecule has 232 valence electrons. The molecule has 1 aromatic heterocycles. The summed E-state index contributed by atoms with van der Waals surface area (Å²) in [7, 11) is 0. The van der Waals surface area contributed by atoms with Crippen molar-refractivity contribution in [3.8, 4) is 0 Å². The van der Waals surface area contributed by atoms with E-state index in [-0.39, 0.29) is 6.04 Å². The summed E-state index contributed by atoms with van der Waals surface area (Å²) >= 11 is 5.75. The fraction of sp³-hybridized carbons (Fsp3) is 0.189. The van der Waals surface area contributed by atoms with Crippen molar-refractivity contribution in [1.82, 2.24) is 19.8 Å². The molecule has 1 aliphatic heterocycles. The topological polar surface area (TPSA) is 80.7 Å². The van der Waals surface area contributed by atoms with Crippen molar-refractivity contribution in [2.24, 2.45) is 4.99 Å². The van der Waals surface area contributed by atoms with Crippen LogP contribution in [0.3, 0.4) is 0 Å². The van der Waals surface area contributed by atoms with Crippen molar-refractivity contribution >= 4 is 46.3 Å². The van der Waals surface area contributed by atoms with Crippen LogP contribution in [0.15, 0.2) is 126 Å². The number of aryl methyl sites for hydroxylation is 2. The second kappa shape index (κ2) is 14.8. The lowest BCUT2D eigenvalue weighted by atomic mass is 9.96. The number of benzene rings is 4. The van der Waals surface area contributed by atoms with E-state index in [1.165, 1.54) is 11.1 Å². The van der Waals surface area contributed by atoms with E-state index in [1.54, 1.807) is 0 Å². The second-order valence-electron chi connectivity index (χ2n) is 11.3. The SMILES string of the molecule is Cc1cc(C)nc(N/C(=N/C(=S)Nc2ccc(Nc3ccccc3)cc2)N2CCN(C(c3ccccc3)c3ccccc3)CC2)n1. The zero-order valence-corrected chi connectivity index (χ0v) is 26.9. The van der Waals surface area contributed by atoms with Crippen LogP contribution < -0.4 is 16.0 Å². The van der Waals surface area contributed by atoms with Crippen LogP contribution in [-0.4, -0.2) is 57.0 Å². The zero-order valence-electron chi connectivity index (χ0n) is 26.1. The first kappa shape index (κ1) is 30.9. The molecule has 0 radical (unpaired) electrons. The summed E-state index contributed by atoms with van der Waals surface area (Å²) in [5.41, 5.74) is 7.22. The molecule has 2 heterocycles. The Hall–Kier alpha value is -5.12. The normalized spacial score (nSPS) is 13.8. The molecule has 0 spiro atoms. The Balaban J connectivity index is 1.19. The van der Waals surface area contributed by atoms with Gasteiger partial charge in [-0.05, 0) is 79.7 Å². The minimum atomic E-state index is 0.169. The number of nitrogens with zero attached hydrogens (tertiary/aromatic N) is 5. The number of hydrogen-bond acceptors (Lipinski definition) is 5. The number of nitrogens with one attached hydrogen (secondary N) is 3. The van der Waals surface area contributed by atoms with Gasteiger partial charge in [-0.2, -0.15) is 4.99 Å². The number of aromatic nitrogens is 2. The smallest absolute Gasteiger partial charge is 0.229 e. The molecule has 4 aromatic carbocycles. The fourth-order valence-electron chi connectivity index (χ4n) is 5.71. The van der Waals surface area contributed by atoms with Crippen molar-refractivity contribution in [1.29, 1.82) is 0 Å². The standard InChI is InChI=1S/C37H38N8S/c1-27-26-28(2)39-35(38-27)42-36(43-37(46)41-33-20-18-32(19-21-33)40-31-16-10-5-11-17-31)45-24-22-44(23-25-45)34(29-12-6-3-7-13-29)30-14-8-4-9-15-30/h3-21,26,34,40H,22-25H2,1-2H3,(H2,38,39,41,42,43,46). The predicted molar refractivity (Wildman–Crippen MR) is 193 cm³/mol. The lowest BCUT2D eigenvalue weighted by Gasteiger charge is -2.40. The van der Waals surface area contributed by atoms with Gasteiger partial charge in [-0.3, -0.25) is 10.2 Å². The van der Waals surface area contributed by atoms with Gasteiger partial charge in [-0.1, -0.05) is 78.9 Å². The number of anilines is 4. The Labute approximate surface area is 276 Å². The number of hydrogen-bond donors (Lipinski definition) is 3. The van der Waals surface area contributed by atoms with E-state index in [1.807, 2.05) is 74.5 Å². The number of piperazine rings is 1. The molecule has 0 saturated carbocycles. The summed E-state index contributed by atoms with van der Waals surface area (Å²) in [5, 5.41) is 10.4. The van der Waals surface area contributed by atoms with E-state index >= 15 is 0 Å². The minimum Gasteiger partial charge on any atom is -0.356 e. The zero-order chi connectivity index (χ0) is 31.7. The van der Waals surface area contributed by atoms with E-state index in [9.17, 15) is 0 Å². The lowest BCUT2D eigenvalue weighted by molar-refractivity contribution is 0.150. The van der Waals surface area contributed by atoms with Gasteiger partial charge in [0.2, 0.25) is 17.0 Å². The fourth-order valence-corrected chi connectivity index (χ4v) is 5.91. The van der Waals surface area contributed by atoms with E-state index < -0.39 is 0 Å². The van der Waals surface area contributed by atoms with Crippen molar-refractivity contribution in [2.45, 2.75) is 19.9 Å². The Morgan fingerprint density at radius 3 is 1.72 bits per heavy atom. The van der Waals surface area contributed by atoms with Crippen LogP contribution in [0.1, 0.15) is 28.6 Å². The molecule has 5 aromatic rings. The molecule has 46 heavy (non-hydrogen) atoms. The second-order valence-corrected chi connectivity index (χ2v) is 11.7. The van der Waals surface area contributed by atoms with Gasteiger partial charge in [0.25, 0.3) is 0 Å². The molecule has 8 nitrogen and oxygen atoms in total. The van der Waals surface area contributed by atoms with Gasteiger partial charge in [0.15, 0.2) is 0 Å². The number of rotatable bonds is 7. The molecule has 6 rings (SSSR count). The first-order valence-corrected chi connectivity index (χ1v) is 15.9. The molecule has 9 heteroatoms. The largest absolute Gasteiger partial charge is 0.356 e. The van der Waals surface area contributed by atoms with E-state index in [0.29, 0.717) is 17.0 Å². The third kappa shape index (κ3) is 8.12. The van der Waals surface area contributed by atoms with Gasteiger partial charge in [-0.15, -0.1) is 0 Å². The molecular formula is C37H38N8S. The maximum absolute atomic E-state index is 5.75. The van der Waals surface area contributed by atoms with Crippen LogP contribution >= 0.6 is 12.2 Å². The van der Waals surface area contributed by atoms with Gasteiger partial charge in [0.05, 0.1) is 6.04 Å². The number of guanidine groups is 1.